The van der Waals surface area contributed by atoms with Gasteiger partial charge in [0.2, 0.25) is 0 Å². The molecule has 0 spiro atoms. The lowest BCUT2D eigenvalue weighted by atomic mass is 10.6. The largest absolute Gasteiger partial charge is 0.430 e. The average molecular weight is 204 g/mol. The number of terminal acetylenes is 1. The monoisotopic (exact) mass is 204 g/mol. The van der Waals surface area contributed by atoms with Gasteiger partial charge >= 0.3 is 0 Å². The Labute approximate surface area is 93.0 Å². The smallest absolute Gasteiger partial charge is 0.152 e. The zero-order valence-corrected chi connectivity index (χ0v) is 8.84. The van der Waals surface area contributed by atoms with Crippen molar-refractivity contribution in [1.29, 1.82) is 0 Å². The standard InChI is InChI=1S/C12H14N2O.H2/c1-4-6-7-8-10-15-12-13-11-14(3)9-5-2;/h1,5,13H,2,9,11-12H2,3H3;1H. The Morgan fingerprint density at radius 1 is 1.53 bits per heavy atom. The molecule has 3 nitrogen and oxygen atoms in total. The van der Waals surface area contributed by atoms with Crippen LogP contribution in [0.15, 0.2) is 12.7 Å². The molecule has 0 unspecified atom stereocenters. The molecule has 0 fully saturated rings. The van der Waals surface area contributed by atoms with E-state index in [4.69, 9.17) is 11.2 Å². The SMILES string of the molecule is C#CC#CC#COCNCN(C)CC=C.[HH]. The third-order valence-electron chi connectivity index (χ3n) is 1.32. The van der Waals surface area contributed by atoms with Gasteiger partial charge < -0.3 is 4.74 Å². The molecule has 80 valence electrons. The third-order valence-corrected chi connectivity index (χ3v) is 1.32. The Hall–Kier alpha value is -1.86. The Morgan fingerprint density at radius 2 is 2.33 bits per heavy atom. The quantitative estimate of drug-likeness (QED) is 0.294. The number of nitrogens with zero attached hydrogens (tertiary/aromatic N) is 1. The number of likely N-dealkylation sites (N-methyl/N-ethyl adjacent to an activating group) is 1. The van der Waals surface area contributed by atoms with Crippen molar-refractivity contribution in [2.24, 2.45) is 0 Å². The molecule has 0 bridgehead atoms. The molecule has 0 saturated carbocycles. The zero-order chi connectivity index (χ0) is 11.4. The number of nitrogens with one attached hydrogen (secondary N) is 1. The van der Waals surface area contributed by atoms with Gasteiger partial charge in [-0.2, -0.15) is 0 Å². The third kappa shape index (κ3) is 10.1. The van der Waals surface area contributed by atoms with Gasteiger partial charge in [0.25, 0.3) is 0 Å². The van der Waals surface area contributed by atoms with Crippen molar-refractivity contribution in [3.63, 3.8) is 0 Å². The molecular formula is C12H16N2O. The Bertz CT molecular complexity index is 338. The van der Waals surface area contributed by atoms with E-state index in [2.05, 4.69) is 41.7 Å². The highest BCUT2D eigenvalue weighted by Gasteiger charge is 1.91. The van der Waals surface area contributed by atoms with Crippen LogP contribution in [0.3, 0.4) is 0 Å². The summed E-state index contributed by atoms with van der Waals surface area (Å²) in [6, 6.07) is 0. The lowest BCUT2D eigenvalue weighted by Gasteiger charge is -2.13. The highest BCUT2D eigenvalue weighted by molar-refractivity contribution is 5.32. The molecule has 3 heteroatoms. The zero-order valence-electron chi connectivity index (χ0n) is 8.84. The number of rotatable bonds is 6. The van der Waals surface area contributed by atoms with Gasteiger partial charge in [0.15, 0.2) is 6.73 Å². The maximum absolute atomic E-state index is 4.91. The summed E-state index contributed by atoms with van der Waals surface area (Å²) in [4.78, 5) is 2.04. The summed E-state index contributed by atoms with van der Waals surface area (Å²) in [5.74, 6) is 9.39. The second-order valence-corrected chi connectivity index (χ2v) is 2.65. The van der Waals surface area contributed by atoms with E-state index in [0.29, 0.717) is 13.4 Å². The van der Waals surface area contributed by atoms with Gasteiger partial charge in [-0.1, -0.05) is 6.08 Å². The van der Waals surface area contributed by atoms with Gasteiger partial charge in [0.05, 0.1) is 6.67 Å². The van der Waals surface area contributed by atoms with Crippen molar-refractivity contribution >= 4 is 0 Å². The highest BCUT2D eigenvalue weighted by Crippen LogP contribution is 1.77. The highest BCUT2D eigenvalue weighted by atomic mass is 16.5. The van der Waals surface area contributed by atoms with E-state index in [1.54, 1.807) is 0 Å². The summed E-state index contributed by atoms with van der Waals surface area (Å²) < 4.78 is 4.91. The normalized spacial score (nSPS) is 7.80. The number of ether oxygens (including phenoxy) is 1. The van der Waals surface area contributed by atoms with Crippen LogP contribution in [0.4, 0.5) is 0 Å². The van der Waals surface area contributed by atoms with Crippen molar-refractivity contribution in [2.45, 2.75) is 0 Å². The van der Waals surface area contributed by atoms with Crippen LogP contribution in [-0.4, -0.2) is 31.9 Å². The van der Waals surface area contributed by atoms with Crippen LogP contribution in [0.25, 0.3) is 0 Å². The van der Waals surface area contributed by atoms with Gasteiger partial charge in [-0.25, -0.2) is 0 Å². The predicted octanol–water partition coefficient (Wildman–Crippen LogP) is 0.469. The maximum Gasteiger partial charge on any atom is 0.152 e. The second-order valence-electron chi connectivity index (χ2n) is 2.65. The minimum atomic E-state index is 0. The van der Waals surface area contributed by atoms with Crippen LogP contribution in [0, 0.1) is 36.2 Å². The molecule has 1 N–H and O–H groups in total. The van der Waals surface area contributed by atoms with Gasteiger partial charge in [-0.05, 0) is 18.9 Å². The maximum atomic E-state index is 4.91. The average Bonchev–Trinajstić information content (AvgIpc) is 2.22. The van der Waals surface area contributed by atoms with Crippen LogP contribution in [0.5, 0.6) is 0 Å². The molecule has 15 heavy (non-hydrogen) atoms. The minimum Gasteiger partial charge on any atom is -0.430 e. The molecule has 0 rings (SSSR count). The summed E-state index contributed by atoms with van der Waals surface area (Å²) in [5, 5.41) is 3.03. The topological polar surface area (TPSA) is 24.5 Å². The van der Waals surface area contributed by atoms with Crippen molar-refractivity contribution in [2.75, 3.05) is 27.0 Å². The lowest BCUT2D eigenvalue weighted by Crippen LogP contribution is -2.32. The Morgan fingerprint density at radius 3 is 3.00 bits per heavy atom. The second kappa shape index (κ2) is 10.2. The van der Waals surface area contributed by atoms with Gasteiger partial charge in [0, 0.05) is 19.8 Å². The van der Waals surface area contributed by atoms with Gasteiger partial charge in [0.1, 0.15) is 6.11 Å². The first-order valence-electron chi connectivity index (χ1n) is 4.38. The fourth-order valence-electron chi connectivity index (χ4n) is 0.737. The van der Waals surface area contributed by atoms with Gasteiger partial charge in [-0.3, -0.25) is 10.2 Å². The summed E-state index contributed by atoms with van der Waals surface area (Å²) in [6.45, 7) is 5.52. The molecule has 0 amide bonds. The van der Waals surface area contributed by atoms with Crippen molar-refractivity contribution in [3.05, 3.63) is 12.7 Å². The van der Waals surface area contributed by atoms with E-state index >= 15 is 0 Å². The van der Waals surface area contributed by atoms with Crippen LogP contribution in [0.2, 0.25) is 0 Å². The van der Waals surface area contributed by atoms with Crippen LogP contribution in [-0.2, 0) is 4.74 Å². The van der Waals surface area contributed by atoms with Crippen LogP contribution < -0.4 is 5.32 Å². The van der Waals surface area contributed by atoms with E-state index in [0.717, 1.165) is 6.54 Å². The number of hydrogen-bond donors (Lipinski definition) is 1. The lowest BCUT2D eigenvalue weighted by molar-refractivity contribution is 0.213. The van der Waals surface area contributed by atoms with Gasteiger partial charge in [-0.15, -0.1) is 13.0 Å². The molecule has 0 aliphatic heterocycles. The molecule has 0 aromatic rings. The molecule has 0 aromatic heterocycles. The molecule has 0 atom stereocenters. The summed E-state index contributed by atoms with van der Waals surface area (Å²) in [5.41, 5.74) is 0. The molecule has 0 aliphatic carbocycles. The van der Waals surface area contributed by atoms with Crippen LogP contribution in [0.1, 0.15) is 1.43 Å². The Balaban J connectivity index is 0. The Kier molecular flexibility index (Phi) is 8.95. The molecule has 0 aromatic carbocycles. The van der Waals surface area contributed by atoms with Crippen molar-refractivity contribution in [1.82, 2.24) is 10.2 Å². The van der Waals surface area contributed by atoms with E-state index in [1.807, 2.05) is 18.0 Å². The fraction of sp³-hybridized carbons (Fsp3) is 0.333. The molecular weight excluding hydrogens is 188 g/mol. The molecule has 0 heterocycles. The van der Waals surface area contributed by atoms with E-state index in [1.165, 1.54) is 0 Å². The van der Waals surface area contributed by atoms with E-state index in [-0.39, 0.29) is 1.43 Å². The first-order chi connectivity index (χ1) is 7.31. The minimum absolute atomic E-state index is 0. The summed E-state index contributed by atoms with van der Waals surface area (Å²) in [6.07, 6.45) is 9.13. The first-order valence-corrected chi connectivity index (χ1v) is 4.38. The fourth-order valence-corrected chi connectivity index (χ4v) is 0.737. The first kappa shape index (κ1) is 13.1. The van der Waals surface area contributed by atoms with Crippen LogP contribution >= 0.6 is 0 Å². The number of hydrogen-bond acceptors (Lipinski definition) is 3. The van der Waals surface area contributed by atoms with Crippen molar-refractivity contribution < 1.29 is 6.16 Å². The molecule has 0 saturated heterocycles. The molecule has 0 aliphatic rings. The van der Waals surface area contributed by atoms with Crippen molar-refractivity contribution in [3.8, 4) is 36.2 Å². The molecule has 0 radical (unpaired) electrons. The predicted molar refractivity (Wildman–Crippen MR) is 63.3 cm³/mol. The summed E-state index contributed by atoms with van der Waals surface area (Å²) in [7, 11) is 1.97. The van der Waals surface area contributed by atoms with E-state index in [9.17, 15) is 0 Å². The van der Waals surface area contributed by atoms with E-state index < -0.39 is 0 Å². The summed E-state index contributed by atoms with van der Waals surface area (Å²) >= 11 is 0.